The summed E-state index contributed by atoms with van der Waals surface area (Å²) in [6, 6.07) is 7.91. The number of hydrogen-bond acceptors (Lipinski definition) is 2. The standard InChI is InChI=1S/C13H15NO/c15-11-6-4-10(5-7-11)14-13-8-9-2-1-3-12(9)13/h1,3-7,9,12-15H,2,8H2. The lowest BCUT2D eigenvalue weighted by Crippen LogP contribution is -2.43. The molecule has 0 saturated heterocycles. The van der Waals surface area contributed by atoms with Crippen LogP contribution in [0.25, 0.3) is 0 Å². The number of anilines is 1. The number of benzene rings is 1. The number of allylic oxidation sites excluding steroid dienone is 1. The smallest absolute Gasteiger partial charge is 0.115 e. The summed E-state index contributed by atoms with van der Waals surface area (Å²) in [7, 11) is 0. The van der Waals surface area contributed by atoms with Crippen LogP contribution in [-0.2, 0) is 0 Å². The Kier molecular flexibility index (Phi) is 1.94. The van der Waals surface area contributed by atoms with Gasteiger partial charge in [-0.05, 0) is 43.0 Å². The van der Waals surface area contributed by atoms with Crippen LogP contribution in [0.15, 0.2) is 36.4 Å². The third-order valence-electron chi connectivity index (χ3n) is 3.58. The molecule has 3 atom stereocenters. The third kappa shape index (κ3) is 1.50. The van der Waals surface area contributed by atoms with E-state index >= 15 is 0 Å². The third-order valence-corrected chi connectivity index (χ3v) is 3.58. The Balaban J connectivity index is 1.66. The van der Waals surface area contributed by atoms with Crippen molar-refractivity contribution in [1.82, 2.24) is 0 Å². The highest BCUT2D eigenvalue weighted by molar-refractivity contribution is 5.47. The van der Waals surface area contributed by atoms with Gasteiger partial charge >= 0.3 is 0 Å². The Hall–Kier alpha value is -1.44. The molecule has 0 spiro atoms. The van der Waals surface area contributed by atoms with Crippen LogP contribution in [-0.4, -0.2) is 11.1 Å². The molecule has 1 fully saturated rings. The molecular weight excluding hydrogens is 186 g/mol. The Morgan fingerprint density at radius 2 is 2.00 bits per heavy atom. The molecule has 2 aliphatic carbocycles. The fourth-order valence-corrected chi connectivity index (χ4v) is 2.66. The minimum atomic E-state index is 0.327. The highest BCUT2D eigenvalue weighted by Crippen LogP contribution is 2.44. The maximum atomic E-state index is 9.17. The Labute approximate surface area is 89.6 Å². The summed E-state index contributed by atoms with van der Waals surface area (Å²) in [6.07, 6.45) is 7.18. The van der Waals surface area contributed by atoms with Gasteiger partial charge in [-0.2, -0.15) is 0 Å². The minimum Gasteiger partial charge on any atom is -0.508 e. The zero-order valence-electron chi connectivity index (χ0n) is 8.56. The van der Waals surface area contributed by atoms with Crippen molar-refractivity contribution in [2.24, 2.45) is 11.8 Å². The molecule has 0 aromatic heterocycles. The van der Waals surface area contributed by atoms with Crippen molar-refractivity contribution in [3.8, 4) is 5.75 Å². The van der Waals surface area contributed by atoms with E-state index < -0.39 is 0 Å². The molecule has 2 heteroatoms. The largest absolute Gasteiger partial charge is 0.508 e. The number of aromatic hydroxyl groups is 1. The first kappa shape index (κ1) is 8.84. The van der Waals surface area contributed by atoms with E-state index in [1.165, 1.54) is 12.8 Å². The van der Waals surface area contributed by atoms with E-state index in [1.807, 2.05) is 12.1 Å². The molecule has 2 nitrogen and oxygen atoms in total. The van der Waals surface area contributed by atoms with Crippen LogP contribution < -0.4 is 5.32 Å². The van der Waals surface area contributed by atoms with E-state index in [0.29, 0.717) is 11.8 Å². The fourth-order valence-electron chi connectivity index (χ4n) is 2.66. The van der Waals surface area contributed by atoms with Gasteiger partial charge in [0.25, 0.3) is 0 Å². The van der Waals surface area contributed by atoms with Crippen molar-refractivity contribution >= 4 is 5.69 Å². The fraction of sp³-hybridized carbons (Fsp3) is 0.385. The summed E-state index contributed by atoms with van der Waals surface area (Å²) in [5.41, 5.74) is 1.11. The molecule has 0 aliphatic heterocycles. The van der Waals surface area contributed by atoms with Crippen molar-refractivity contribution in [2.45, 2.75) is 18.9 Å². The lowest BCUT2D eigenvalue weighted by atomic mass is 9.71. The highest BCUT2D eigenvalue weighted by Gasteiger charge is 2.40. The second kappa shape index (κ2) is 3.30. The molecule has 0 amide bonds. The van der Waals surface area contributed by atoms with E-state index in [0.717, 1.165) is 17.5 Å². The summed E-state index contributed by atoms with van der Waals surface area (Å²) in [6.45, 7) is 0. The number of phenols is 1. The molecule has 1 aromatic rings. The van der Waals surface area contributed by atoms with E-state index in [2.05, 4.69) is 17.5 Å². The first-order chi connectivity index (χ1) is 7.33. The molecule has 0 bridgehead atoms. The van der Waals surface area contributed by atoms with E-state index in [1.54, 1.807) is 12.1 Å². The molecule has 2 aliphatic rings. The van der Waals surface area contributed by atoms with Crippen molar-refractivity contribution in [3.05, 3.63) is 36.4 Å². The highest BCUT2D eigenvalue weighted by atomic mass is 16.3. The second-order valence-electron chi connectivity index (χ2n) is 4.53. The number of fused-ring (bicyclic) bond motifs is 1. The predicted octanol–water partition coefficient (Wildman–Crippen LogP) is 2.77. The zero-order valence-corrected chi connectivity index (χ0v) is 8.56. The van der Waals surface area contributed by atoms with Crippen LogP contribution in [0.4, 0.5) is 5.69 Å². The van der Waals surface area contributed by atoms with Gasteiger partial charge in [-0.15, -0.1) is 0 Å². The van der Waals surface area contributed by atoms with Crippen molar-refractivity contribution < 1.29 is 5.11 Å². The van der Waals surface area contributed by atoms with E-state index in [9.17, 15) is 5.11 Å². The average molecular weight is 201 g/mol. The Morgan fingerprint density at radius 3 is 2.73 bits per heavy atom. The summed E-state index contributed by atoms with van der Waals surface area (Å²) in [5.74, 6) is 1.95. The first-order valence-electron chi connectivity index (χ1n) is 5.55. The molecule has 0 heterocycles. The molecule has 3 unspecified atom stereocenters. The predicted molar refractivity (Wildman–Crippen MR) is 60.9 cm³/mol. The van der Waals surface area contributed by atoms with E-state index in [4.69, 9.17) is 0 Å². The Bertz CT molecular complexity index is 382. The maximum absolute atomic E-state index is 9.17. The van der Waals surface area contributed by atoms with Crippen molar-refractivity contribution in [3.63, 3.8) is 0 Å². The molecule has 1 aromatic carbocycles. The first-order valence-corrected chi connectivity index (χ1v) is 5.55. The maximum Gasteiger partial charge on any atom is 0.115 e. The van der Waals surface area contributed by atoms with Gasteiger partial charge in [0.1, 0.15) is 5.75 Å². The monoisotopic (exact) mass is 201 g/mol. The molecule has 3 rings (SSSR count). The van der Waals surface area contributed by atoms with Gasteiger partial charge < -0.3 is 10.4 Å². The Morgan fingerprint density at radius 1 is 1.20 bits per heavy atom. The van der Waals surface area contributed by atoms with Gasteiger partial charge in [0.05, 0.1) is 0 Å². The average Bonchev–Trinajstić information content (AvgIpc) is 2.59. The lowest BCUT2D eigenvalue weighted by Gasteiger charge is -2.41. The normalized spacial score (nSPS) is 32.1. The molecule has 0 radical (unpaired) electrons. The van der Waals surface area contributed by atoms with Gasteiger partial charge in [0, 0.05) is 17.6 Å². The van der Waals surface area contributed by atoms with Crippen LogP contribution in [0.1, 0.15) is 12.8 Å². The quantitative estimate of drug-likeness (QED) is 0.569. The number of phenolic OH excluding ortho intramolecular Hbond substituents is 1. The molecule has 78 valence electrons. The lowest BCUT2D eigenvalue weighted by molar-refractivity contribution is 0.218. The van der Waals surface area contributed by atoms with Crippen molar-refractivity contribution in [2.75, 3.05) is 5.32 Å². The van der Waals surface area contributed by atoms with Gasteiger partial charge in [-0.3, -0.25) is 0 Å². The van der Waals surface area contributed by atoms with Crippen LogP contribution in [0, 0.1) is 11.8 Å². The van der Waals surface area contributed by atoms with Gasteiger partial charge in [0.2, 0.25) is 0 Å². The topological polar surface area (TPSA) is 32.3 Å². The van der Waals surface area contributed by atoms with Crippen LogP contribution in [0.5, 0.6) is 5.75 Å². The van der Waals surface area contributed by atoms with Gasteiger partial charge in [0.15, 0.2) is 0 Å². The molecule has 15 heavy (non-hydrogen) atoms. The number of hydrogen-bond donors (Lipinski definition) is 2. The SMILES string of the molecule is Oc1ccc(NC2CC3CC=CC32)cc1. The summed E-state index contributed by atoms with van der Waals surface area (Å²) < 4.78 is 0. The zero-order chi connectivity index (χ0) is 10.3. The van der Waals surface area contributed by atoms with Crippen LogP contribution in [0.2, 0.25) is 0 Å². The van der Waals surface area contributed by atoms with Gasteiger partial charge in [-0.25, -0.2) is 0 Å². The van der Waals surface area contributed by atoms with Crippen molar-refractivity contribution in [1.29, 1.82) is 0 Å². The number of nitrogens with one attached hydrogen (secondary N) is 1. The summed E-state index contributed by atoms with van der Waals surface area (Å²) >= 11 is 0. The minimum absolute atomic E-state index is 0.327. The van der Waals surface area contributed by atoms with Crippen LogP contribution >= 0.6 is 0 Å². The molecular formula is C13H15NO. The number of rotatable bonds is 2. The summed E-state index contributed by atoms with van der Waals surface area (Å²) in [5, 5.41) is 12.7. The van der Waals surface area contributed by atoms with Crippen LogP contribution in [0.3, 0.4) is 0 Å². The second-order valence-corrected chi connectivity index (χ2v) is 4.53. The van der Waals surface area contributed by atoms with E-state index in [-0.39, 0.29) is 0 Å². The molecule has 2 N–H and O–H groups in total. The summed E-state index contributed by atoms with van der Waals surface area (Å²) in [4.78, 5) is 0. The molecule has 1 saturated carbocycles. The van der Waals surface area contributed by atoms with Gasteiger partial charge in [-0.1, -0.05) is 12.2 Å².